The van der Waals surface area contributed by atoms with Crippen molar-refractivity contribution >= 4 is 40.2 Å². The maximum Gasteiger partial charge on any atom is 0.323 e. The predicted molar refractivity (Wildman–Crippen MR) is 86.7 cm³/mol. The van der Waals surface area contributed by atoms with Gasteiger partial charge in [0.25, 0.3) is 0 Å². The van der Waals surface area contributed by atoms with E-state index < -0.39 is 11.5 Å². The van der Waals surface area contributed by atoms with Crippen LogP contribution in [0.5, 0.6) is 0 Å². The lowest BCUT2D eigenvalue weighted by molar-refractivity contribution is -0.144. The number of hydrogen-bond donors (Lipinski definition) is 3. The largest absolute Gasteiger partial charge is 0.480 e. The van der Waals surface area contributed by atoms with E-state index in [1.54, 1.807) is 13.0 Å². The quantitative estimate of drug-likeness (QED) is 0.625. The van der Waals surface area contributed by atoms with Gasteiger partial charge in [-0.1, -0.05) is 19.4 Å². The van der Waals surface area contributed by atoms with Gasteiger partial charge >= 0.3 is 5.97 Å². The molecule has 20 heavy (non-hydrogen) atoms. The van der Waals surface area contributed by atoms with Gasteiger partial charge in [0.1, 0.15) is 5.54 Å². The number of carboxylic acids is 1. The number of benzene rings is 1. The molecule has 0 spiro atoms. The van der Waals surface area contributed by atoms with Gasteiger partial charge in [0.15, 0.2) is 0 Å². The number of carboxylic acid groups (broad SMARTS) is 1. The average Bonchev–Trinajstić information content (AvgIpc) is 2.36. The zero-order valence-electron chi connectivity index (χ0n) is 11.6. The Kier molecular flexibility index (Phi) is 6.41. The van der Waals surface area contributed by atoms with Crippen molar-refractivity contribution in [3.8, 4) is 0 Å². The summed E-state index contributed by atoms with van der Waals surface area (Å²) in [6, 6.07) is 7.42. The molecule has 1 aromatic carbocycles. The number of halogens is 1. The standard InChI is InChI=1S/C14H19IN2O3/c1-3-7-14(2,13(19)20)16-9-12(18)17-11-6-4-5-10(15)8-11/h4-6,8,16H,3,7,9H2,1-2H3,(H,17,18)(H,19,20). The van der Waals surface area contributed by atoms with Crippen molar-refractivity contribution in [2.24, 2.45) is 0 Å². The average molecular weight is 390 g/mol. The van der Waals surface area contributed by atoms with E-state index in [0.29, 0.717) is 12.1 Å². The van der Waals surface area contributed by atoms with E-state index in [1.165, 1.54) is 0 Å². The van der Waals surface area contributed by atoms with Gasteiger partial charge in [0.05, 0.1) is 6.54 Å². The predicted octanol–water partition coefficient (Wildman–Crippen LogP) is 2.46. The van der Waals surface area contributed by atoms with Crippen LogP contribution in [0.4, 0.5) is 5.69 Å². The highest BCUT2D eigenvalue weighted by molar-refractivity contribution is 14.1. The molecule has 110 valence electrons. The number of hydrogen-bond acceptors (Lipinski definition) is 3. The van der Waals surface area contributed by atoms with Crippen molar-refractivity contribution in [2.75, 3.05) is 11.9 Å². The van der Waals surface area contributed by atoms with Crippen LogP contribution in [0.3, 0.4) is 0 Å². The van der Waals surface area contributed by atoms with Gasteiger partial charge in [-0.05, 0) is 54.1 Å². The van der Waals surface area contributed by atoms with Crippen LogP contribution in [0, 0.1) is 3.57 Å². The van der Waals surface area contributed by atoms with Crippen LogP contribution in [0.25, 0.3) is 0 Å². The van der Waals surface area contributed by atoms with E-state index in [2.05, 4.69) is 33.2 Å². The summed E-state index contributed by atoms with van der Waals surface area (Å²) >= 11 is 2.16. The second kappa shape index (κ2) is 7.58. The van der Waals surface area contributed by atoms with Crippen LogP contribution in [-0.4, -0.2) is 29.1 Å². The Morgan fingerprint density at radius 2 is 2.10 bits per heavy atom. The van der Waals surface area contributed by atoms with Crippen molar-refractivity contribution in [3.63, 3.8) is 0 Å². The number of anilines is 1. The van der Waals surface area contributed by atoms with Crippen LogP contribution in [0.15, 0.2) is 24.3 Å². The van der Waals surface area contributed by atoms with Gasteiger partial charge in [0.2, 0.25) is 5.91 Å². The summed E-state index contributed by atoms with van der Waals surface area (Å²) in [6.45, 7) is 3.47. The van der Waals surface area contributed by atoms with E-state index in [9.17, 15) is 14.7 Å². The third-order valence-corrected chi connectivity index (χ3v) is 3.64. The summed E-state index contributed by atoms with van der Waals surface area (Å²) in [5.41, 5.74) is -0.367. The lowest BCUT2D eigenvalue weighted by Gasteiger charge is -2.25. The summed E-state index contributed by atoms with van der Waals surface area (Å²) in [4.78, 5) is 23.1. The third kappa shape index (κ3) is 5.09. The molecule has 1 aromatic rings. The van der Waals surface area contributed by atoms with Crippen LogP contribution in [-0.2, 0) is 9.59 Å². The molecule has 0 saturated heterocycles. The molecule has 0 aliphatic heterocycles. The van der Waals surface area contributed by atoms with Crippen LogP contribution < -0.4 is 10.6 Å². The topological polar surface area (TPSA) is 78.4 Å². The smallest absolute Gasteiger partial charge is 0.323 e. The highest BCUT2D eigenvalue weighted by Gasteiger charge is 2.31. The number of carbonyl (C=O) groups is 2. The lowest BCUT2D eigenvalue weighted by atomic mass is 9.96. The Morgan fingerprint density at radius 3 is 2.65 bits per heavy atom. The van der Waals surface area contributed by atoms with Crippen molar-refractivity contribution in [3.05, 3.63) is 27.8 Å². The molecule has 0 aliphatic rings. The minimum Gasteiger partial charge on any atom is -0.480 e. The fourth-order valence-corrected chi connectivity index (χ4v) is 2.36. The van der Waals surface area contributed by atoms with Gasteiger partial charge < -0.3 is 10.4 Å². The van der Waals surface area contributed by atoms with Gasteiger partial charge in [-0.2, -0.15) is 0 Å². The number of carbonyl (C=O) groups excluding carboxylic acids is 1. The Balaban J connectivity index is 2.56. The van der Waals surface area contributed by atoms with Gasteiger partial charge in [-0.15, -0.1) is 0 Å². The zero-order chi connectivity index (χ0) is 15.2. The SMILES string of the molecule is CCCC(C)(NCC(=O)Nc1cccc(I)c1)C(=O)O. The molecular weight excluding hydrogens is 371 g/mol. The summed E-state index contributed by atoms with van der Waals surface area (Å²) in [5, 5.41) is 14.8. The van der Waals surface area contributed by atoms with Crippen LogP contribution >= 0.6 is 22.6 Å². The van der Waals surface area contributed by atoms with E-state index in [0.717, 1.165) is 9.99 Å². The number of nitrogens with one attached hydrogen (secondary N) is 2. The molecule has 1 unspecified atom stereocenters. The maximum atomic E-state index is 11.8. The minimum atomic E-state index is -1.07. The molecule has 0 fully saturated rings. The minimum absolute atomic E-state index is 0.0335. The van der Waals surface area contributed by atoms with Gasteiger partial charge in [-0.3, -0.25) is 14.9 Å². The second-order valence-electron chi connectivity index (χ2n) is 4.80. The Labute approximate surface area is 132 Å². The first kappa shape index (κ1) is 16.9. The highest BCUT2D eigenvalue weighted by Crippen LogP contribution is 2.14. The van der Waals surface area contributed by atoms with E-state index in [4.69, 9.17) is 0 Å². The monoisotopic (exact) mass is 390 g/mol. The van der Waals surface area contributed by atoms with Crippen molar-refractivity contribution in [1.82, 2.24) is 5.32 Å². The van der Waals surface area contributed by atoms with Crippen molar-refractivity contribution in [1.29, 1.82) is 0 Å². The first-order valence-electron chi connectivity index (χ1n) is 6.41. The molecule has 0 radical (unpaired) electrons. The summed E-state index contributed by atoms with van der Waals surface area (Å²) in [5.74, 6) is -1.20. The summed E-state index contributed by atoms with van der Waals surface area (Å²) < 4.78 is 1.02. The molecule has 0 saturated carbocycles. The molecule has 1 rings (SSSR count). The molecular formula is C14H19IN2O3. The Bertz CT molecular complexity index is 493. The summed E-state index contributed by atoms with van der Waals surface area (Å²) in [6.07, 6.45) is 1.20. The summed E-state index contributed by atoms with van der Waals surface area (Å²) in [7, 11) is 0. The number of aliphatic carboxylic acids is 1. The first-order valence-corrected chi connectivity index (χ1v) is 7.49. The molecule has 1 atom stereocenters. The Hall–Kier alpha value is -1.15. The highest BCUT2D eigenvalue weighted by atomic mass is 127. The fraction of sp³-hybridized carbons (Fsp3) is 0.429. The van der Waals surface area contributed by atoms with E-state index >= 15 is 0 Å². The molecule has 6 heteroatoms. The normalized spacial score (nSPS) is 13.6. The van der Waals surface area contributed by atoms with Crippen molar-refractivity contribution < 1.29 is 14.7 Å². The second-order valence-corrected chi connectivity index (χ2v) is 6.04. The van der Waals surface area contributed by atoms with E-state index in [-0.39, 0.29) is 12.5 Å². The van der Waals surface area contributed by atoms with Gasteiger partial charge in [-0.25, -0.2) is 0 Å². The lowest BCUT2D eigenvalue weighted by Crippen LogP contribution is -2.51. The molecule has 1 amide bonds. The molecule has 3 N–H and O–H groups in total. The van der Waals surface area contributed by atoms with E-state index in [1.807, 2.05) is 25.1 Å². The molecule has 0 bridgehead atoms. The third-order valence-electron chi connectivity index (χ3n) is 2.97. The number of rotatable bonds is 7. The fourth-order valence-electron chi connectivity index (χ4n) is 1.82. The molecule has 0 heterocycles. The molecule has 0 aliphatic carbocycles. The van der Waals surface area contributed by atoms with Crippen molar-refractivity contribution in [2.45, 2.75) is 32.2 Å². The maximum absolute atomic E-state index is 11.8. The number of amides is 1. The van der Waals surface area contributed by atoms with Gasteiger partial charge in [0, 0.05) is 9.26 Å². The molecule has 0 aromatic heterocycles. The zero-order valence-corrected chi connectivity index (χ0v) is 13.7. The Morgan fingerprint density at radius 1 is 1.40 bits per heavy atom. The first-order chi connectivity index (χ1) is 9.37. The molecule has 5 nitrogen and oxygen atoms in total. The van der Waals surface area contributed by atoms with Crippen LogP contribution in [0.1, 0.15) is 26.7 Å². The van der Waals surface area contributed by atoms with Crippen LogP contribution in [0.2, 0.25) is 0 Å².